The molecule has 4 atom stereocenters. The van der Waals surface area contributed by atoms with E-state index in [1.54, 1.807) is 0 Å². The van der Waals surface area contributed by atoms with Crippen LogP contribution in [0.3, 0.4) is 0 Å². The molecule has 2 heteroatoms. The Kier molecular flexibility index (Phi) is 8.00. The summed E-state index contributed by atoms with van der Waals surface area (Å²) in [6, 6.07) is 0. The fourth-order valence-electron chi connectivity index (χ4n) is 1.42. The van der Waals surface area contributed by atoms with Gasteiger partial charge in [0.25, 0.3) is 0 Å². The molecule has 0 aromatic carbocycles. The average molecular weight is 204 g/mol. The number of hydrogen-bond donors (Lipinski definition) is 0. The SMILES string of the molecule is CCC(P)[C@@H](CC[C@H](C)CC)OC. The van der Waals surface area contributed by atoms with Crippen molar-refractivity contribution in [2.24, 2.45) is 5.92 Å². The molecule has 0 aromatic rings. The van der Waals surface area contributed by atoms with E-state index in [1.807, 2.05) is 7.11 Å². The smallest absolute Gasteiger partial charge is 0.0633 e. The van der Waals surface area contributed by atoms with Crippen molar-refractivity contribution < 1.29 is 4.74 Å². The minimum absolute atomic E-state index is 0.434. The first-order chi connectivity index (χ1) is 6.15. The van der Waals surface area contributed by atoms with Gasteiger partial charge in [0.05, 0.1) is 6.10 Å². The molecule has 0 saturated heterocycles. The molecule has 0 aliphatic rings. The largest absolute Gasteiger partial charge is 0.381 e. The van der Waals surface area contributed by atoms with Gasteiger partial charge in [-0.2, -0.15) is 0 Å². The van der Waals surface area contributed by atoms with Gasteiger partial charge in [-0.1, -0.05) is 27.2 Å². The molecule has 0 aliphatic heterocycles. The molecular formula is C11H25OP. The van der Waals surface area contributed by atoms with Crippen LogP contribution in [-0.4, -0.2) is 18.9 Å². The third-order valence-corrected chi connectivity index (χ3v) is 3.79. The van der Waals surface area contributed by atoms with Crippen molar-refractivity contribution in [3.05, 3.63) is 0 Å². The van der Waals surface area contributed by atoms with E-state index in [0.29, 0.717) is 11.8 Å². The summed E-state index contributed by atoms with van der Waals surface area (Å²) < 4.78 is 5.48. The summed E-state index contributed by atoms with van der Waals surface area (Å²) in [6.45, 7) is 6.79. The lowest BCUT2D eigenvalue weighted by atomic mass is 9.98. The maximum atomic E-state index is 5.48. The molecule has 0 heterocycles. The van der Waals surface area contributed by atoms with Gasteiger partial charge in [0, 0.05) is 7.11 Å². The van der Waals surface area contributed by atoms with Crippen LogP contribution in [0.4, 0.5) is 0 Å². The van der Waals surface area contributed by atoms with E-state index in [-0.39, 0.29) is 0 Å². The van der Waals surface area contributed by atoms with Crippen molar-refractivity contribution in [1.29, 1.82) is 0 Å². The number of hydrogen-bond acceptors (Lipinski definition) is 1. The Morgan fingerprint density at radius 3 is 2.15 bits per heavy atom. The van der Waals surface area contributed by atoms with Crippen LogP contribution in [0, 0.1) is 5.92 Å². The highest BCUT2D eigenvalue weighted by molar-refractivity contribution is 7.17. The summed E-state index contributed by atoms with van der Waals surface area (Å²) in [7, 11) is 4.72. The summed E-state index contributed by atoms with van der Waals surface area (Å²) in [4.78, 5) is 0. The van der Waals surface area contributed by atoms with Gasteiger partial charge in [0.15, 0.2) is 0 Å². The molecule has 0 amide bonds. The molecule has 0 fully saturated rings. The van der Waals surface area contributed by atoms with Gasteiger partial charge in [-0.25, -0.2) is 0 Å². The lowest BCUT2D eigenvalue weighted by molar-refractivity contribution is 0.0863. The van der Waals surface area contributed by atoms with Gasteiger partial charge in [0.1, 0.15) is 0 Å². The monoisotopic (exact) mass is 204 g/mol. The average Bonchev–Trinajstić information content (AvgIpc) is 2.17. The van der Waals surface area contributed by atoms with Crippen molar-refractivity contribution in [3.8, 4) is 0 Å². The van der Waals surface area contributed by atoms with Crippen molar-refractivity contribution >= 4 is 9.24 Å². The Hall–Kier alpha value is 0.390. The summed E-state index contributed by atoms with van der Waals surface area (Å²) in [5.41, 5.74) is 0.619. The second-order valence-corrected chi connectivity index (χ2v) is 4.79. The zero-order valence-corrected chi connectivity index (χ0v) is 10.7. The second-order valence-electron chi connectivity index (χ2n) is 3.94. The molecule has 0 rings (SSSR count). The molecule has 80 valence electrons. The third kappa shape index (κ3) is 5.65. The highest BCUT2D eigenvalue weighted by Crippen LogP contribution is 2.20. The summed E-state index contributed by atoms with van der Waals surface area (Å²) in [5.74, 6) is 0.840. The van der Waals surface area contributed by atoms with Gasteiger partial charge >= 0.3 is 0 Å². The quantitative estimate of drug-likeness (QED) is 0.577. The standard InChI is InChI=1S/C11H25OP/c1-5-9(3)7-8-10(12-4)11(13)6-2/h9-11H,5-8,13H2,1-4H3/t9-,10-,11?/m1/s1. The Labute approximate surface area is 85.8 Å². The molecule has 0 spiro atoms. The number of ether oxygens (including phenoxy) is 1. The molecule has 2 unspecified atom stereocenters. The van der Waals surface area contributed by atoms with Gasteiger partial charge in [-0.3, -0.25) is 0 Å². The molecule has 0 radical (unpaired) electrons. The van der Waals surface area contributed by atoms with Crippen LogP contribution in [0.5, 0.6) is 0 Å². The highest BCUT2D eigenvalue weighted by atomic mass is 31.0. The lowest BCUT2D eigenvalue weighted by Crippen LogP contribution is -2.22. The van der Waals surface area contributed by atoms with Crippen molar-refractivity contribution in [3.63, 3.8) is 0 Å². The van der Waals surface area contributed by atoms with E-state index in [2.05, 4.69) is 30.0 Å². The fraction of sp³-hybridized carbons (Fsp3) is 1.00. The third-order valence-electron chi connectivity index (χ3n) is 2.89. The van der Waals surface area contributed by atoms with Crippen LogP contribution in [-0.2, 0) is 4.74 Å². The summed E-state index contributed by atoms with van der Waals surface area (Å²) >= 11 is 0. The Morgan fingerprint density at radius 2 is 1.77 bits per heavy atom. The van der Waals surface area contributed by atoms with Crippen LogP contribution in [0.1, 0.15) is 46.5 Å². The zero-order valence-electron chi connectivity index (χ0n) is 9.55. The highest BCUT2D eigenvalue weighted by Gasteiger charge is 2.15. The zero-order chi connectivity index (χ0) is 10.3. The van der Waals surface area contributed by atoms with Crippen molar-refractivity contribution in [2.45, 2.75) is 58.2 Å². The minimum atomic E-state index is 0.434. The predicted molar refractivity (Wildman–Crippen MR) is 63.3 cm³/mol. The van der Waals surface area contributed by atoms with E-state index in [9.17, 15) is 0 Å². The maximum absolute atomic E-state index is 5.48. The molecule has 0 N–H and O–H groups in total. The van der Waals surface area contributed by atoms with E-state index in [1.165, 1.54) is 25.7 Å². The topological polar surface area (TPSA) is 9.23 Å². The molecule has 0 aliphatic carbocycles. The van der Waals surface area contributed by atoms with Crippen LogP contribution in [0.2, 0.25) is 0 Å². The van der Waals surface area contributed by atoms with E-state index >= 15 is 0 Å². The first kappa shape index (κ1) is 13.4. The molecule has 1 nitrogen and oxygen atoms in total. The molecule has 0 bridgehead atoms. The first-order valence-corrected chi connectivity index (χ1v) is 6.10. The van der Waals surface area contributed by atoms with Gasteiger partial charge in [-0.05, 0) is 30.8 Å². The van der Waals surface area contributed by atoms with Gasteiger partial charge in [-0.15, -0.1) is 9.24 Å². The van der Waals surface area contributed by atoms with Crippen LogP contribution < -0.4 is 0 Å². The Balaban J connectivity index is 3.71. The van der Waals surface area contributed by atoms with Crippen molar-refractivity contribution in [2.75, 3.05) is 7.11 Å². The normalized spacial score (nSPS) is 18.2. The van der Waals surface area contributed by atoms with E-state index < -0.39 is 0 Å². The van der Waals surface area contributed by atoms with Crippen LogP contribution >= 0.6 is 9.24 Å². The lowest BCUT2D eigenvalue weighted by Gasteiger charge is -2.22. The number of methoxy groups -OCH3 is 1. The maximum Gasteiger partial charge on any atom is 0.0633 e. The predicted octanol–water partition coefficient (Wildman–Crippen LogP) is 3.48. The molecule has 0 aromatic heterocycles. The second kappa shape index (κ2) is 7.76. The van der Waals surface area contributed by atoms with Crippen molar-refractivity contribution in [1.82, 2.24) is 0 Å². The minimum Gasteiger partial charge on any atom is -0.381 e. The molecular weight excluding hydrogens is 179 g/mol. The van der Waals surface area contributed by atoms with Crippen LogP contribution in [0.25, 0.3) is 0 Å². The summed E-state index contributed by atoms with van der Waals surface area (Å²) in [6.07, 6.45) is 5.39. The Bertz CT molecular complexity index is 117. The van der Waals surface area contributed by atoms with E-state index in [4.69, 9.17) is 4.74 Å². The van der Waals surface area contributed by atoms with Gasteiger partial charge in [0.2, 0.25) is 0 Å². The molecule has 13 heavy (non-hydrogen) atoms. The first-order valence-electron chi connectivity index (χ1n) is 5.44. The Morgan fingerprint density at radius 1 is 1.15 bits per heavy atom. The summed E-state index contributed by atoms with van der Waals surface area (Å²) in [5, 5.41) is 0. The number of rotatable bonds is 7. The van der Waals surface area contributed by atoms with Gasteiger partial charge < -0.3 is 4.74 Å². The van der Waals surface area contributed by atoms with Crippen LogP contribution in [0.15, 0.2) is 0 Å². The van der Waals surface area contributed by atoms with E-state index in [0.717, 1.165) is 5.92 Å². The fourth-order valence-corrected chi connectivity index (χ4v) is 1.77. The molecule has 0 saturated carbocycles.